The lowest BCUT2D eigenvalue weighted by atomic mass is 10.1. The molecule has 0 fully saturated rings. The molecule has 0 unspecified atom stereocenters. The summed E-state index contributed by atoms with van der Waals surface area (Å²) in [5.74, 6) is 1.04. The zero-order chi connectivity index (χ0) is 24.0. The number of rotatable bonds is 9. The van der Waals surface area contributed by atoms with Crippen LogP contribution >= 0.6 is 11.8 Å². The number of aromatic nitrogens is 3. The average Bonchev–Trinajstić information content (AvgIpc) is 3.47. The highest BCUT2D eigenvalue weighted by atomic mass is 32.2. The predicted molar refractivity (Wildman–Crippen MR) is 119 cm³/mol. The summed E-state index contributed by atoms with van der Waals surface area (Å²) in [6, 6.07) is 17.6. The third-order valence-electron chi connectivity index (χ3n) is 4.64. The van der Waals surface area contributed by atoms with Crippen molar-refractivity contribution in [3.63, 3.8) is 0 Å². The van der Waals surface area contributed by atoms with Crippen LogP contribution in [-0.4, -0.2) is 26.4 Å². The first-order valence-corrected chi connectivity index (χ1v) is 11.1. The summed E-state index contributed by atoms with van der Waals surface area (Å²) in [6.45, 7) is 0.428. The van der Waals surface area contributed by atoms with Crippen molar-refractivity contribution in [2.24, 2.45) is 0 Å². The maximum Gasteiger partial charge on any atom is 0.418 e. The molecule has 0 atom stereocenters. The molecule has 0 aliphatic rings. The monoisotopic (exact) mass is 488 g/mol. The zero-order valence-electron chi connectivity index (χ0n) is 17.7. The normalized spacial score (nSPS) is 11.4. The Balaban J connectivity index is 1.46. The van der Waals surface area contributed by atoms with Gasteiger partial charge in [0.15, 0.2) is 11.0 Å². The zero-order valence-corrected chi connectivity index (χ0v) is 18.5. The van der Waals surface area contributed by atoms with E-state index in [2.05, 4.69) is 15.5 Å². The van der Waals surface area contributed by atoms with Gasteiger partial charge in [0, 0.05) is 0 Å². The van der Waals surface area contributed by atoms with Crippen molar-refractivity contribution in [1.29, 1.82) is 0 Å². The number of carbonyl (C=O) groups is 1. The van der Waals surface area contributed by atoms with Crippen molar-refractivity contribution in [3.8, 4) is 5.75 Å². The SMILES string of the molecule is O=C(CSc1nnc(COc2ccccc2)n1Cc1ccco1)Nc1ccccc1C(F)(F)F. The van der Waals surface area contributed by atoms with Gasteiger partial charge in [-0.05, 0) is 36.4 Å². The fourth-order valence-electron chi connectivity index (χ4n) is 3.07. The summed E-state index contributed by atoms with van der Waals surface area (Å²) in [6.07, 6.45) is -3.04. The highest BCUT2D eigenvalue weighted by Crippen LogP contribution is 2.34. The standard InChI is InChI=1S/C23H19F3N4O3S/c24-23(25,26)18-10-4-5-11-19(18)27-21(31)15-34-22-29-28-20(14-33-16-7-2-1-3-8-16)30(22)13-17-9-6-12-32-17/h1-12H,13-15H2,(H,27,31). The predicted octanol–water partition coefficient (Wildman–Crippen LogP) is 5.25. The smallest absolute Gasteiger partial charge is 0.418 e. The van der Waals surface area contributed by atoms with Crippen molar-refractivity contribution in [3.05, 3.63) is 90.1 Å². The summed E-state index contributed by atoms with van der Waals surface area (Å²) >= 11 is 1.05. The topological polar surface area (TPSA) is 82.2 Å². The number of hydrogen-bond donors (Lipinski definition) is 1. The third kappa shape index (κ3) is 5.98. The number of amides is 1. The molecule has 176 valence electrons. The van der Waals surface area contributed by atoms with Gasteiger partial charge in [-0.2, -0.15) is 13.2 Å². The quantitative estimate of drug-likeness (QED) is 0.324. The summed E-state index contributed by atoms with van der Waals surface area (Å²) < 4.78 is 52.5. The van der Waals surface area contributed by atoms with Crippen LogP contribution in [0.1, 0.15) is 17.1 Å². The van der Waals surface area contributed by atoms with Crippen molar-refractivity contribution >= 4 is 23.4 Å². The lowest BCUT2D eigenvalue weighted by Gasteiger charge is -2.13. The van der Waals surface area contributed by atoms with E-state index in [0.29, 0.717) is 29.0 Å². The Hall–Kier alpha value is -3.73. The van der Waals surface area contributed by atoms with E-state index in [9.17, 15) is 18.0 Å². The summed E-state index contributed by atoms with van der Waals surface area (Å²) in [5.41, 5.74) is -1.20. The highest BCUT2D eigenvalue weighted by Gasteiger charge is 2.33. The van der Waals surface area contributed by atoms with Gasteiger partial charge >= 0.3 is 6.18 Å². The molecule has 0 bridgehead atoms. The summed E-state index contributed by atoms with van der Waals surface area (Å²) in [5, 5.41) is 11.0. The number of nitrogens with one attached hydrogen (secondary N) is 1. The number of carbonyl (C=O) groups excluding carboxylic acids is 1. The first-order valence-electron chi connectivity index (χ1n) is 10.1. The molecule has 0 saturated heterocycles. The number of hydrogen-bond acceptors (Lipinski definition) is 6. The second-order valence-electron chi connectivity index (χ2n) is 7.05. The second kappa shape index (κ2) is 10.5. The Morgan fingerprint density at radius 1 is 1.03 bits per heavy atom. The van der Waals surface area contributed by atoms with Crippen LogP contribution in [0.3, 0.4) is 0 Å². The van der Waals surface area contributed by atoms with E-state index in [-0.39, 0.29) is 18.0 Å². The highest BCUT2D eigenvalue weighted by molar-refractivity contribution is 7.99. The van der Waals surface area contributed by atoms with Crippen LogP contribution in [0, 0.1) is 0 Å². The maximum absolute atomic E-state index is 13.2. The van der Waals surface area contributed by atoms with Crippen LogP contribution in [0.2, 0.25) is 0 Å². The lowest BCUT2D eigenvalue weighted by molar-refractivity contribution is -0.137. The van der Waals surface area contributed by atoms with Gasteiger partial charge in [0.25, 0.3) is 0 Å². The van der Waals surface area contributed by atoms with Crippen LogP contribution in [0.5, 0.6) is 5.75 Å². The lowest BCUT2D eigenvalue weighted by Crippen LogP contribution is -2.18. The minimum atomic E-state index is -4.58. The molecular weight excluding hydrogens is 469 g/mol. The molecule has 0 saturated carbocycles. The Kier molecular flexibility index (Phi) is 7.21. The molecule has 2 heterocycles. The Bertz CT molecular complexity index is 1230. The van der Waals surface area contributed by atoms with Crippen molar-refractivity contribution in [2.75, 3.05) is 11.1 Å². The molecular formula is C23H19F3N4O3S. The van der Waals surface area contributed by atoms with Gasteiger partial charge in [-0.1, -0.05) is 42.1 Å². The van der Waals surface area contributed by atoms with Crippen molar-refractivity contribution in [1.82, 2.24) is 14.8 Å². The van der Waals surface area contributed by atoms with Crippen LogP contribution < -0.4 is 10.1 Å². The number of nitrogens with zero attached hydrogens (tertiary/aromatic N) is 3. The third-order valence-corrected chi connectivity index (χ3v) is 5.60. The molecule has 1 amide bonds. The number of furan rings is 1. The van der Waals surface area contributed by atoms with Gasteiger partial charge in [-0.15, -0.1) is 10.2 Å². The molecule has 34 heavy (non-hydrogen) atoms. The first-order chi connectivity index (χ1) is 16.4. The van der Waals surface area contributed by atoms with E-state index < -0.39 is 17.6 Å². The van der Waals surface area contributed by atoms with E-state index >= 15 is 0 Å². The molecule has 4 rings (SSSR count). The average molecular weight is 488 g/mol. The van der Waals surface area contributed by atoms with Gasteiger partial charge < -0.3 is 14.5 Å². The fraction of sp³-hybridized carbons (Fsp3) is 0.174. The number of alkyl halides is 3. The largest absolute Gasteiger partial charge is 0.486 e. The number of benzene rings is 2. The minimum absolute atomic E-state index is 0.128. The summed E-state index contributed by atoms with van der Waals surface area (Å²) in [4.78, 5) is 12.4. The number of halogens is 3. The number of anilines is 1. The molecule has 4 aromatic rings. The van der Waals surface area contributed by atoms with E-state index in [1.54, 1.807) is 16.7 Å². The van der Waals surface area contributed by atoms with Crippen molar-refractivity contribution in [2.45, 2.75) is 24.5 Å². The van der Waals surface area contributed by atoms with Gasteiger partial charge in [-0.25, -0.2) is 0 Å². The van der Waals surface area contributed by atoms with Crippen LogP contribution in [0.15, 0.2) is 82.6 Å². The van der Waals surface area contributed by atoms with E-state index in [4.69, 9.17) is 9.15 Å². The van der Waals surface area contributed by atoms with Crippen LogP contribution in [0.25, 0.3) is 0 Å². The summed E-state index contributed by atoms with van der Waals surface area (Å²) in [7, 11) is 0. The molecule has 0 aliphatic heterocycles. The molecule has 2 aromatic heterocycles. The molecule has 2 aromatic carbocycles. The van der Waals surface area contributed by atoms with E-state index in [0.717, 1.165) is 17.8 Å². The van der Waals surface area contributed by atoms with E-state index in [1.807, 2.05) is 30.3 Å². The molecule has 0 spiro atoms. The molecule has 0 aliphatic carbocycles. The molecule has 1 N–H and O–H groups in total. The number of ether oxygens (including phenoxy) is 1. The maximum atomic E-state index is 13.2. The van der Waals surface area contributed by atoms with E-state index in [1.165, 1.54) is 24.5 Å². The Morgan fingerprint density at radius 2 is 1.79 bits per heavy atom. The van der Waals surface area contributed by atoms with Crippen molar-refractivity contribution < 1.29 is 27.1 Å². The molecule has 11 heteroatoms. The molecule has 7 nitrogen and oxygen atoms in total. The van der Waals surface area contributed by atoms with Crippen LogP contribution in [0.4, 0.5) is 18.9 Å². The van der Waals surface area contributed by atoms with Crippen LogP contribution in [-0.2, 0) is 24.1 Å². The van der Waals surface area contributed by atoms with Gasteiger partial charge in [0.05, 0.1) is 29.8 Å². The van der Waals surface area contributed by atoms with Gasteiger partial charge in [-0.3, -0.25) is 9.36 Å². The first kappa shape index (κ1) is 23.4. The second-order valence-corrected chi connectivity index (χ2v) is 7.99. The minimum Gasteiger partial charge on any atom is -0.486 e. The van der Waals surface area contributed by atoms with Gasteiger partial charge in [0.2, 0.25) is 5.91 Å². The van der Waals surface area contributed by atoms with Gasteiger partial charge in [0.1, 0.15) is 18.1 Å². The Labute approximate surface area is 196 Å². The molecule has 0 radical (unpaired) electrons. The Morgan fingerprint density at radius 3 is 2.53 bits per heavy atom. The fourth-order valence-corrected chi connectivity index (χ4v) is 3.83. The number of thioether (sulfide) groups is 1. The number of para-hydroxylation sites is 2.